The van der Waals surface area contributed by atoms with E-state index in [9.17, 15) is 10.2 Å². The minimum Gasteiger partial charge on any atom is -0.386 e. The second kappa shape index (κ2) is 11.3. The number of hydrogen-bond donors (Lipinski definition) is 2. The largest absolute Gasteiger partial charge is 0.386 e. The summed E-state index contributed by atoms with van der Waals surface area (Å²) in [4.78, 5) is 0. The van der Waals surface area contributed by atoms with Crippen LogP contribution in [0, 0.1) is 11.8 Å². The molecule has 5 heteroatoms. The lowest BCUT2D eigenvalue weighted by Crippen LogP contribution is -2.32. The van der Waals surface area contributed by atoms with Crippen LogP contribution in [-0.4, -0.2) is 58.0 Å². The van der Waals surface area contributed by atoms with Gasteiger partial charge in [-0.3, -0.25) is 0 Å². The minimum atomic E-state index is -0.752. The predicted molar refractivity (Wildman–Crippen MR) is 132 cm³/mol. The molecule has 190 valence electrons. The normalized spacial score (nSPS) is 35.8. The molecule has 3 rings (SSSR count). The third-order valence-corrected chi connectivity index (χ3v) is 7.42. The van der Waals surface area contributed by atoms with E-state index >= 15 is 0 Å². The average Bonchev–Trinajstić information content (AvgIpc) is 3.44. The number of rotatable bonds is 10. The zero-order chi connectivity index (χ0) is 24.2. The Balaban J connectivity index is 1.40. The molecule has 3 aliphatic rings. The molecule has 3 heterocycles. The van der Waals surface area contributed by atoms with Gasteiger partial charge in [-0.15, -0.1) is 0 Å². The maximum atomic E-state index is 9.85. The smallest absolute Gasteiger partial charge is 0.0842 e. The molecule has 0 aromatic rings. The summed E-state index contributed by atoms with van der Waals surface area (Å²) >= 11 is 0. The first-order valence-corrected chi connectivity index (χ1v) is 13.2. The zero-order valence-electron chi connectivity index (χ0n) is 21.7. The van der Waals surface area contributed by atoms with Gasteiger partial charge in [0.2, 0.25) is 0 Å². The van der Waals surface area contributed by atoms with Crippen LogP contribution in [0.2, 0.25) is 0 Å². The van der Waals surface area contributed by atoms with Gasteiger partial charge in [-0.05, 0) is 90.9 Å². The fourth-order valence-corrected chi connectivity index (χ4v) is 5.44. The highest BCUT2D eigenvalue weighted by Gasteiger charge is 2.43. The molecular formula is C28H48O5. The molecule has 3 saturated heterocycles. The highest BCUT2D eigenvalue weighted by Crippen LogP contribution is 2.38. The Bertz CT molecular complexity index is 602. The van der Waals surface area contributed by atoms with Crippen LogP contribution in [0.5, 0.6) is 0 Å². The van der Waals surface area contributed by atoms with Gasteiger partial charge in [0.1, 0.15) is 0 Å². The molecule has 8 atom stereocenters. The quantitative estimate of drug-likeness (QED) is 0.427. The third-order valence-electron chi connectivity index (χ3n) is 7.42. The van der Waals surface area contributed by atoms with E-state index < -0.39 is 11.2 Å². The molecule has 33 heavy (non-hydrogen) atoms. The molecule has 3 aliphatic heterocycles. The van der Waals surface area contributed by atoms with Gasteiger partial charge in [-0.2, -0.15) is 0 Å². The molecule has 0 bridgehead atoms. The lowest BCUT2D eigenvalue weighted by molar-refractivity contribution is -0.112. The Labute approximate surface area is 201 Å². The van der Waals surface area contributed by atoms with Gasteiger partial charge in [-0.25, -0.2) is 0 Å². The summed E-state index contributed by atoms with van der Waals surface area (Å²) in [5.41, 5.74) is -1.50. The molecule has 5 nitrogen and oxygen atoms in total. The van der Waals surface area contributed by atoms with Gasteiger partial charge >= 0.3 is 0 Å². The predicted octanol–water partition coefficient (Wildman–Crippen LogP) is 5.34. The second-order valence-electron chi connectivity index (χ2n) is 11.9. The van der Waals surface area contributed by atoms with E-state index in [1.165, 1.54) is 0 Å². The van der Waals surface area contributed by atoms with Gasteiger partial charge in [-0.1, -0.05) is 38.2 Å². The monoisotopic (exact) mass is 464 g/mol. The van der Waals surface area contributed by atoms with Crippen molar-refractivity contribution in [3.8, 4) is 0 Å². The van der Waals surface area contributed by atoms with Crippen molar-refractivity contribution >= 4 is 0 Å². The molecule has 0 amide bonds. The van der Waals surface area contributed by atoms with E-state index in [1.807, 2.05) is 12.2 Å². The molecule has 0 aliphatic carbocycles. The van der Waals surface area contributed by atoms with Gasteiger partial charge in [0.15, 0.2) is 0 Å². The molecule has 0 aromatic carbocycles. The molecule has 0 saturated carbocycles. The average molecular weight is 465 g/mol. The Morgan fingerprint density at radius 2 is 0.970 bits per heavy atom. The van der Waals surface area contributed by atoms with Crippen molar-refractivity contribution in [3.63, 3.8) is 0 Å². The fourth-order valence-electron chi connectivity index (χ4n) is 5.44. The van der Waals surface area contributed by atoms with Gasteiger partial charge < -0.3 is 24.4 Å². The van der Waals surface area contributed by atoms with Crippen LogP contribution in [0.25, 0.3) is 0 Å². The van der Waals surface area contributed by atoms with Crippen LogP contribution >= 0.6 is 0 Å². The van der Waals surface area contributed by atoms with Gasteiger partial charge in [0.05, 0.1) is 47.8 Å². The van der Waals surface area contributed by atoms with Crippen molar-refractivity contribution in [2.45, 2.75) is 141 Å². The number of aliphatic hydroxyl groups is 2. The standard InChI is InChI=1S/C28H48O5/c1-19(9-7-17-27(3,4)29)21-11-13-23(31-21)25-15-16-26(33-25)24-14-12-22(32-24)20(2)10-8-18-28(5,6)30/h7-8,17-26,29-30H,9-16H2,1-6H3/b17-7+,18-8+/t19-,20-,21+,22+,23-,24-,25+,26+/m0/s1. The summed E-state index contributed by atoms with van der Waals surface area (Å²) in [6, 6.07) is 0. The summed E-state index contributed by atoms with van der Waals surface area (Å²) < 4.78 is 19.4. The Hall–Kier alpha value is -0.720. The molecular weight excluding hydrogens is 416 g/mol. The van der Waals surface area contributed by atoms with Crippen molar-refractivity contribution in [3.05, 3.63) is 24.3 Å². The maximum absolute atomic E-state index is 9.85. The number of allylic oxidation sites excluding steroid dienone is 2. The van der Waals surface area contributed by atoms with E-state index in [0.29, 0.717) is 11.8 Å². The molecule has 2 N–H and O–H groups in total. The minimum absolute atomic E-state index is 0.189. The maximum Gasteiger partial charge on any atom is 0.0842 e. The van der Waals surface area contributed by atoms with E-state index in [-0.39, 0.29) is 36.6 Å². The van der Waals surface area contributed by atoms with E-state index in [1.54, 1.807) is 27.7 Å². The molecule has 0 spiro atoms. The van der Waals surface area contributed by atoms with Crippen molar-refractivity contribution in [2.24, 2.45) is 11.8 Å². The van der Waals surface area contributed by atoms with Crippen LogP contribution in [0.4, 0.5) is 0 Å². The first-order chi connectivity index (χ1) is 15.4. The Morgan fingerprint density at radius 3 is 1.33 bits per heavy atom. The summed E-state index contributed by atoms with van der Waals surface area (Å²) in [7, 11) is 0. The molecule has 3 fully saturated rings. The van der Waals surface area contributed by atoms with E-state index in [0.717, 1.165) is 51.4 Å². The Morgan fingerprint density at radius 1 is 0.636 bits per heavy atom. The van der Waals surface area contributed by atoms with Gasteiger partial charge in [0.25, 0.3) is 0 Å². The van der Waals surface area contributed by atoms with Crippen molar-refractivity contribution in [1.29, 1.82) is 0 Å². The summed E-state index contributed by atoms with van der Waals surface area (Å²) in [6.07, 6.45) is 17.5. The lowest BCUT2D eigenvalue weighted by Gasteiger charge is -2.25. The fraction of sp³-hybridized carbons (Fsp3) is 0.857. The molecule has 0 radical (unpaired) electrons. The first kappa shape index (κ1) is 26.9. The van der Waals surface area contributed by atoms with Gasteiger partial charge in [0, 0.05) is 0 Å². The zero-order valence-corrected chi connectivity index (χ0v) is 21.7. The SMILES string of the molecule is C[C@@H](C/C=C/C(C)(C)O)[C@H]1CC[C@@H]([C@H]2CC[C@H]([C@@H]3CC[C@H]([C@@H](C)C/C=C/C(C)(C)O)O3)O2)O1. The molecule has 0 unspecified atom stereocenters. The van der Waals surface area contributed by atoms with Crippen molar-refractivity contribution in [1.82, 2.24) is 0 Å². The lowest BCUT2D eigenvalue weighted by atomic mass is 9.96. The highest BCUT2D eigenvalue weighted by molar-refractivity contribution is 4.98. The Kier molecular flexibility index (Phi) is 9.24. The number of hydrogen-bond acceptors (Lipinski definition) is 5. The van der Waals surface area contributed by atoms with Crippen LogP contribution in [0.3, 0.4) is 0 Å². The topological polar surface area (TPSA) is 68.2 Å². The second-order valence-corrected chi connectivity index (χ2v) is 11.9. The van der Waals surface area contributed by atoms with E-state index in [4.69, 9.17) is 14.2 Å². The van der Waals surface area contributed by atoms with Crippen molar-refractivity contribution < 1.29 is 24.4 Å². The van der Waals surface area contributed by atoms with Crippen molar-refractivity contribution in [2.75, 3.05) is 0 Å². The van der Waals surface area contributed by atoms with Crippen LogP contribution in [-0.2, 0) is 14.2 Å². The third kappa shape index (κ3) is 8.47. The van der Waals surface area contributed by atoms with Crippen LogP contribution in [0.15, 0.2) is 24.3 Å². The molecule has 0 aromatic heterocycles. The van der Waals surface area contributed by atoms with Crippen LogP contribution in [0.1, 0.15) is 92.9 Å². The summed E-state index contributed by atoms with van der Waals surface area (Å²) in [6.45, 7) is 11.7. The van der Waals surface area contributed by atoms with E-state index in [2.05, 4.69) is 26.0 Å². The summed E-state index contributed by atoms with van der Waals surface area (Å²) in [5, 5.41) is 19.7. The summed E-state index contributed by atoms with van der Waals surface area (Å²) in [5.74, 6) is 0.883. The highest BCUT2D eigenvalue weighted by atomic mass is 16.6. The number of ether oxygens (including phenoxy) is 3. The van der Waals surface area contributed by atoms with Crippen LogP contribution < -0.4 is 0 Å². The first-order valence-electron chi connectivity index (χ1n) is 13.2.